The molecule has 142 valence electrons. The molecule has 9 nitrogen and oxygen atoms in total. The predicted molar refractivity (Wildman–Crippen MR) is 93.3 cm³/mol. The summed E-state index contributed by atoms with van der Waals surface area (Å²) in [5, 5.41) is 9.31. The van der Waals surface area contributed by atoms with Crippen molar-refractivity contribution in [1.82, 2.24) is 15.5 Å². The molecule has 1 fully saturated rings. The largest absolute Gasteiger partial charge is 0.485 e. The second kappa shape index (κ2) is 7.75. The van der Waals surface area contributed by atoms with Crippen molar-refractivity contribution in [1.29, 1.82) is 0 Å². The lowest BCUT2D eigenvalue weighted by molar-refractivity contribution is -0.116. The van der Waals surface area contributed by atoms with E-state index in [1.165, 1.54) is 0 Å². The van der Waals surface area contributed by atoms with E-state index in [0.717, 1.165) is 37.1 Å². The number of hydrogen-bond donors (Lipinski definition) is 2. The molecule has 0 bridgehead atoms. The lowest BCUT2D eigenvalue weighted by atomic mass is 10.0. The highest BCUT2D eigenvalue weighted by Gasteiger charge is 2.20. The van der Waals surface area contributed by atoms with E-state index in [1.54, 1.807) is 6.07 Å². The summed E-state index contributed by atoms with van der Waals surface area (Å²) >= 11 is 0. The third-order valence-electron chi connectivity index (χ3n) is 4.52. The molecule has 3 heterocycles. The topological polar surface area (TPSA) is 116 Å². The van der Waals surface area contributed by atoms with Crippen molar-refractivity contribution in [2.24, 2.45) is 0 Å². The van der Waals surface area contributed by atoms with Crippen LogP contribution in [0.3, 0.4) is 0 Å². The molecule has 27 heavy (non-hydrogen) atoms. The number of ether oxygens (including phenoxy) is 2. The van der Waals surface area contributed by atoms with E-state index in [9.17, 15) is 9.59 Å². The number of rotatable bonds is 6. The summed E-state index contributed by atoms with van der Waals surface area (Å²) in [7, 11) is 0. The Hall–Kier alpha value is -2.94. The first-order chi connectivity index (χ1) is 13.2. The molecule has 0 aliphatic carbocycles. The molecule has 0 radical (unpaired) electrons. The van der Waals surface area contributed by atoms with Crippen LogP contribution in [0.15, 0.2) is 22.7 Å². The lowest BCUT2D eigenvalue weighted by Gasteiger charge is -2.17. The van der Waals surface area contributed by atoms with Crippen LogP contribution in [0.2, 0.25) is 0 Å². The average molecular weight is 372 g/mol. The smallest absolute Gasteiger partial charge is 0.316 e. The van der Waals surface area contributed by atoms with Crippen molar-refractivity contribution < 1.29 is 23.6 Å². The zero-order valence-electron chi connectivity index (χ0n) is 14.7. The standard InChI is InChI=1S/C18H20N4O5/c23-16-6-4-11-3-5-12(8-14(11)20-16)26-10-15-21-18(27-22-15)17(24)19-9-13-2-1-7-25-13/h3,5,8,13H,1-2,4,6-7,9-10H2,(H,19,24)(H,20,23)/t13-/m0/s1. The fourth-order valence-electron chi connectivity index (χ4n) is 3.08. The van der Waals surface area contributed by atoms with Gasteiger partial charge < -0.3 is 24.6 Å². The van der Waals surface area contributed by atoms with Crippen molar-refractivity contribution >= 4 is 17.5 Å². The van der Waals surface area contributed by atoms with Gasteiger partial charge in [-0.1, -0.05) is 11.2 Å². The maximum Gasteiger partial charge on any atom is 0.316 e. The number of carbonyl (C=O) groups excluding carboxylic acids is 2. The maximum absolute atomic E-state index is 12.0. The number of anilines is 1. The van der Waals surface area contributed by atoms with Crippen LogP contribution in [0.5, 0.6) is 5.75 Å². The Kier molecular flexibility index (Phi) is 5.01. The molecule has 1 aromatic heterocycles. The van der Waals surface area contributed by atoms with Crippen LogP contribution < -0.4 is 15.4 Å². The van der Waals surface area contributed by atoms with Crippen molar-refractivity contribution in [2.75, 3.05) is 18.5 Å². The molecular formula is C18H20N4O5. The van der Waals surface area contributed by atoms with Crippen LogP contribution in [-0.4, -0.2) is 41.2 Å². The molecule has 2 N–H and O–H groups in total. The number of carbonyl (C=O) groups is 2. The summed E-state index contributed by atoms with van der Waals surface area (Å²) in [4.78, 5) is 27.6. The van der Waals surface area contributed by atoms with Gasteiger partial charge in [0.1, 0.15) is 5.75 Å². The van der Waals surface area contributed by atoms with E-state index in [0.29, 0.717) is 18.7 Å². The van der Waals surface area contributed by atoms with Crippen molar-refractivity contribution in [3.8, 4) is 5.75 Å². The van der Waals surface area contributed by atoms with E-state index in [-0.39, 0.29) is 30.3 Å². The molecule has 1 saturated heterocycles. The third kappa shape index (κ3) is 4.25. The fourth-order valence-corrected chi connectivity index (χ4v) is 3.08. The number of aromatic nitrogens is 2. The quantitative estimate of drug-likeness (QED) is 0.788. The molecule has 1 aromatic carbocycles. The van der Waals surface area contributed by atoms with Gasteiger partial charge in [-0.3, -0.25) is 9.59 Å². The molecule has 1 atom stereocenters. The van der Waals surface area contributed by atoms with Gasteiger partial charge in [0.05, 0.1) is 6.10 Å². The summed E-state index contributed by atoms with van der Waals surface area (Å²) in [6, 6.07) is 5.51. The van der Waals surface area contributed by atoms with Gasteiger partial charge in [-0.25, -0.2) is 0 Å². The highest BCUT2D eigenvalue weighted by molar-refractivity contribution is 5.94. The molecule has 0 spiro atoms. The van der Waals surface area contributed by atoms with Gasteiger partial charge in [-0.15, -0.1) is 0 Å². The number of aryl methyl sites for hydroxylation is 1. The monoisotopic (exact) mass is 372 g/mol. The molecule has 2 aromatic rings. The van der Waals surface area contributed by atoms with Crippen LogP contribution in [0.25, 0.3) is 0 Å². The van der Waals surface area contributed by atoms with Crippen molar-refractivity contribution in [3.05, 3.63) is 35.5 Å². The second-order valence-corrected chi connectivity index (χ2v) is 6.52. The second-order valence-electron chi connectivity index (χ2n) is 6.52. The normalized spacial score (nSPS) is 18.7. The van der Waals surface area contributed by atoms with E-state index < -0.39 is 5.91 Å². The molecule has 0 saturated carbocycles. The molecule has 2 aliphatic heterocycles. The Labute approximate surface area is 155 Å². The van der Waals surface area contributed by atoms with Crippen LogP contribution in [0, 0.1) is 0 Å². The van der Waals surface area contributed by atoms with Gasteiger partial charge in [-0.05, 0) is 30.9 Å². The summed E-state index contributed by atoms with van der Waals surface area (Å²) in [6.45, 7) is 1.21. The van der Waals surface area contributed by atoms with Crippen molar-refractivity contribution in [2.45, 2.75) is 38.4 Å². The van der Waals surface area contributed by atoms with E-state index in [1.807, 2.05) is 12.1 Å². The summed E-state index contributed by atoms with van der Waals surface area (Å²) in [5.74, 6) is 0.297. The number of amides is 2. The third-order valence-corrected chi connectivity index (χ3v) is 4.52. The van der Waals surface area contributed by atoms with Crippen LogP contribution in [0.1, 0.15) is 41.3 Å². The number of nitrogens with zero attached hydrogens (tertiary/aromatic N) is 2. The maximum atomic E-state index is 12.0. The Balaban J connectivity index is 1.31. The average Bonchev–Trinajstić information content (AvgIpc) is 3.36. The molecule has 2 amide bonds. The molecule has 0 unspecified atom stereocenters. The van der Waals surface area contributed by atoms with Gasteiger partial charge in [0.2, 0.25) is 11.7 Å². The first-order valence-corrected chi connectivity index (χ1v) is 8.95. The summed E-state index contributed by atoms with van der Waals surface area (Å²) < 4.78 is 16.1. The van der Waals surface area contributed by atoms with Gasteiger partial charge in [0.15, 0.2) is 6.61 Å². The first kappa shape index (κ1) is 17.5. The minimum Gasteiger partial charge on any atom is -0.485 e. The zero-order valence-corrected chi connectivity index (χ0v) is 14.7. The van der Waals surface area contributed by atoms with E-state index in [4.69, 9.17) is 14.0 Å². The Bertz CT molecular complexity index is 844. The van der Waals surface area contributed by atoms with E-state index in [2.05, 4.69) is 20.8 Å². The van der Waals surface area contributed by atoms with Gasteiger partial charge in [0, 0.05) is 31.3 Å². The molecular weight excluding hydrogens is 352 g/mol. The molecule has 9 heteroatoms. The number of fused-ring (bicyclic) bond motifs is 1. The minimum atomic E-state index is -0.430. The SMILES string of the molecule is O=C1CCc2ccc(OCc3noc(C(=O)NC[C@@H]4CCCO4)n3)cc2N1. The predicted octanol–water partition coefficient (Wildman–Crippen LogP) is 1.44. The fraction of sp³-hybridized carbons (Fsp3) is 0.444. The Morgan fingerprint density at radius 1 is 1.37 bits per heavy atom. The Morgan fingerprint density at radius 2 is 2.30 bits per heavy atom. The molecule has 4 rings (SSSR count). The van der Waals surface area contributed by atoms with Crippen LogP contribution in [-0.2, 0) is 22.6 Å². The number of benzene rings is 1. The summed E-state index contributed by atoms with van der Waals surface area (Å²) in [6.07, 6.45) is 3.20. The zero-order chi connectivity index (χ0) is 18.6. The highest BCUT2D eigenvalue weighted by atomic mass is 16.5. The van der Waals surface area contributed by atoms with E-state index >= 15 is 0 Å². The van der Waals surface area contributed by atoms with Crippen LogP contribution >= 0.6 is 0 Å². The highest BCUT2D eigenvalue weighted by Crippen LogP contribution is 2.27. The minimum absolute atomic E-state index is 0.00326. The first-order valence-electron chi connectivity index (χ1n) is 8.95. The number of hydrogen-bond acceptors (Lipinski definition) is 7. The van der Waals surface area contributed by atoms with Gasteiger partial charge in [-0.2, -0.15) is 4.98 Å². The van der Waals surface area contributed by atoms with Gasteiger partial charge >= 0.3 is 11.8 Å². The number of nitrogens with one attached hydrogen (secondary N) is 2. The molecule has 2 aliphatic rings. The van der Waals surface area contributed by atoms with Crippen LogP contribution in [0.4, 0.5) is 5.69 Å². The Morgan fingerprint density at radius 3 is 3.15 bits per heavy atom. The summed E-state index contributed by atoms with van der Waals surface area (Å²) in [5.41, 5.74) is 1.83. The van der Waals surface area contributed by atoms with Gasteiger partial charge in [0.25, 0.3) is 0 Å². The van der Waals surface area contributed by atoms with Crippen molar-refractivity contribution in [3.63, 3.8) is 0 Å². The lowest BCUT2D eigenvalue weighted by Crippen LogP contribution is -2.31.